The van der Waals surface area contributed by atoms with E-state index in [1.807, 2.05) is 11.8 Å². The Hall–Kier alpha value is -0.990. The van der Waals surface area contributed by atoms with E-state index in [-0.39, 0.29) is 31.7 Å². The number of alkyl carbamates (subject to hydrolysis) is 1. The Balaban J connectivity index is 2.78. The molecule has 0 aromatic rings. The van der Waals surface area contributed by atoms with Crippen LogP contribution >= 0.6 is 11.8 Å². The second-order valence-electron chi connectivity index (χ2n) is 6.75. The summed E-state index contributed by atoms with van der Waals surface area (Å²) in [5, 5.41) is 11.9. The van der Waals surface area contributed by atoms with Crippen molar-refractivity contribution in [3.05, 3.63) is 0 Å². The Bertz CT molecular complexity index is 408. The van der Waals surface area contributed by atoms with Gasteiger partial charge in [0, 0.05) is 19.7 Å². The molecule has 0 aliphatic carbocycles. The number of ether oxygens (including phenoxy) is 2. The van der Waals surface area contributed by atoms with Gasteiger partial charge >= 0.3 is 6.09 Å². The van der Waals surface area contributed by atoms with E-state index < -0.39 is 17.7 Å². The van der Waals surface area contributed by atoms with Gasteiger partial charge in [0.25, 0.3) is 0 Å². The molecule has 1 saturated heterocycles. The number of hydrogen-bond donors (Lipinski definition) is 2. The summed E-state index contributed by atoms with van der Waals surface area (Å²) in [4.78, 5) is 26.5. The van der Waals surface area contributed by atoms with E-state index in [0.717, 1.165) is 24.3 Å². The van der Waals surface area contributed by atoms with Crippen molar-refractivity contribution in [3.8, 4) is 0 Å². The maximum absolute atomic E-state index is 12.9. The lowest BCUT2D eigenvalue weighted by atomic mass is 10.1. The number of methoxy groups -OCH3 is 1. The molecule has 24 heavy (non-hydrogen) atoms. The maximum atomic E-state index is 12.9. The Morgan fingerprint density at radius 1 is 1.33 bits per heavy atom. The van der Waals surface area contributed by atoms with Gasteiger partial charge in [-0.15, -0.1) is 0 Å². The summed E-state index contributed by atoms with van der Waals surface area (Å²) >= 11 is 1.87. The minimum atomic E-state index is -0.828. The summed E-state index contributed by atoms with van der Waals surface area (Å²) in [5.74, 6) is 1.75. The van der Waals surface area contributed by atoms with Gasteiger partial charge in [0.05, 0.1) is 13.2 Å². The van der Waals surface area contributed by atoms with Crippen LogP contribution in [0.25, 0.3) is 0 Å². The van der Waals surface area contributed by atoms with Crippen LogP contribution in [0.3, 0.4) is 0 Å². The van der Waals surface area contributed by atoms with Gasteiger partial charge in [0.1, 0.15) is 11.6 Å². The predicted octanol–water partition coefficient (Wildman–Crippen LogP) is 1.24. The van der Waals surface area contributed by atoms with E-state index in [0.29, 0.717) is 0 Å². The fraction of sp³-hybridized carbons (Fsp3) is 0.875. The fourth-order valence-electron chi connectivity index (χ4n) is 2.57. The number of hydrogen-bond acceptors (Lipinski definition) is 6. The van der Waals surface area contributed by atoms with Gasteiger partial charge in [-0.3, -0.25) is 4.79 Å². The third kappa shape index (κ3) is 7.27. The molecule has 0 aromatic carbocycles. The molecule has 1 heterocycles. The summed E-state index contributed by atoms with van der Waals surface area (Å²) in [6.45, 7) is 5.49. The molecule has 2 N–H and O–H groups in total. The van der Waals surface area contributed by atoms with E-state index in [2.05, 4.69) is 5.32 Å². The van der Waals surface area contributed by atoms with E-state index in [1.54, 1.807) is 25.7 Å². The first-order chi connectivity index (χ1) is 11.3. The number of nitrogens with zero attached hydrogens (tertiary/aromatic N) is 1. The van der Waals surface area contributed by atoms with Crippen LogP contribution in [0.5, 0.6) is 0 Å². The molecule has 0 spiro atoms. The van der Waals surface area contributed by atoms with Crippen LogP contribution in [0.1, 0.15) is 33.6 Å². The highest BCUT2D eigenvalue weighted by Crippen LogP contribution is 2.22. The quantitative estimate of drug-likeness (QED) is 0.708. The summed E-state index contributed by atoms with van der Waals surface area (Å²) < 4.78 is 10.3. The predicted molar refractivity (Wildman–Crippen MR) is 94.2 cm³/mol. The zero-order valence-electron chi connectivity index (χ0n) is 15.0. The van der Waals surface area contributed by atoms with Crippen molar-refractivity contribution in [2.24, 2.45) is 0 Å². The zero-order chi connectivity index (χ0) is 18.2. The molecule has 8 heteroatoms. The van der Waals surface area contributed by atoms with Crippen LogP contribution < -0.4 is 5.32 Å². The molecule has 0 unspecified atom stereocenters. The lowest BCUT2D eigenvalue weighted by molar-refractivity contribution is -0.138. The average molecular weight is 362 g/mol. The molecular formula is C16H30N2O5S. The van der Waals surface area contributed by atoms with Crippen LogP contribution in [0, 0.1) is 0 Å². The lowest BCUT2D eigenvalue weighted by Gasteiger charge is -2.36. The number of rotatable bonds is 7. The van der Waals surface area contributed by atoms with Crippen molar-refractivity contribution in [1.29, 1.82) is 0 Å². The fourth-order valence-corrected chi connectivity index (χ4v) is 3.65. The van der Waals surface area contributed by atoms with Gasteiger partial charge < -0.3 is 24.8 Å². The molecule has 0 saturated carbocycles. The van der Waals surface area contributed by atoms with Gasteiger partial charge in [-0.2, -0.15) is 11.8 Å². The first kappa shape index (κ1) is 21.1. The molecule has 2 amide bonds. The smallest absolute Gasteiger partial charge is 0.408 e. The second kappa shape index (κ2) is 10.1. The third-order valence-electron chi connectivity index (χ3n) is 3.58. The first-order valence-electron chi connectivity index (χ1n) is 8.26. The highest BCUT2D eigenvalue weighted by molar-refractivity contribution is 7.99. The van der Waals surface area contributed by atoms with E-state index in [4.69, 9.17) is 9.47 Å². The number of thioether (sulfide) groups is 1. The third-order valence-corrected chi connectivity index (χ3v) is 4.63. The summed E-state index contributed by atoms with van der Waals surface area (Å²) in [6.07, 6.45) is 1.13. The largest absolute Gasteiger partial charge is 0.444 e. The van der Waals surface area contributed by atoms with Crippen LogP contribution in [0.2, 0.25) is 0 Å². The van der Waals surface area contributed by atoms with E-state index in [1.165, 1.54) is 7.11 Å². The summed E-state index contributed by atoms with van der Waals surface area (Å²) in [6, 6.07) is -0.739. The Kier molecular flexibility index (Phi) is 8.86. The minimum Gasteiger partial charge on any atom is -0.444 e. The second-order valence-corrected chi connectivity index (χ2v) is 7.98. The van der Waals surface area contributed by atoms with Crippen molar-refractivity contribution in [2.45, 2.75) is 51.3 Å². The maximum Gasteiger partial charge on any atom is 0.408 e. The average Bonchev–Trinajstić information content (AvgIpc) is 2.50. The van der Waals surface area contributed by atoms with Crippen LogP contribution in [-0.2, 0) is 14.3 Å². The Morgan fingerprint density at radius 2 is 1.96 bits per heavy atom. The highest BCUT2D eigenvalue weighted by atomic mass is 32.2. The van der Waals surface area contributed by atoms with Crippen LogP contribution in [0.4, 0.5) is 4.79 Å². The molecule has 7 nitrogen and oxygen atoms in total. The molecule has 1 atom stereocenters. The van der Waals surface area contributed by atoms with Crippen molar-refractivity contribution < 1.29 is 24.2 Å². The van der Waals surface area contributed by atoms with Crippen LogP contribution in [-0.4, -0.2) is 78.1 Å². The molecule has 1 rings (SSSR count). The van der Waals surface area contributed by atoms with Crippen molar-refractivity contribution >= 4 is 23.8 Å². The van der Waals surface area contributed by atoms with E-state index in [9.17, 15) is 14.7 Å². The van der Waals surface area contributed by atoms with Gasteiger partial charge in [-0.05, 0) is 45.1 Å². The van der Waals surface area contributed by atoms with Crippen molar-refractivity contribution in [2.75, 3.05) is 38.4 Å². The van der Waals surface area contributed by atoms with Crippen LogP contribution in [0.15, 0.2) is 0 Å². The van der Waals surface area contributed by atoms with Gasteiger partial charge in [-0.1, -0.05) is 0 Å². The first-order valence-corrected chi connectivity index (χ1v) is 9.41. The van der Waals surface area contributed by atoms with Gasteiger partial charge in [-0.25, -0.2) is 4.79 Å². The molecule has 140 valence electrons. The standard InChI is InChI=1S/C16H30N2O5S/c1-16(2,3)23-15(21)17-13(11-22-4)14(20)18(7-8-19)12-5-9-24-10-6-12/h12-13,19H,5-11H2,1-4H3,(H,17,21)/t13-/m0/s1. The zero-order valence-corrected chi connectivity index (χ0v) is 15.9. The van der Waals surface area contributed by atoms with Crippen molar-refractivity contribution in [3.63, 3.8) is 0 Å². The number of carbonyl (C=O) groups excluding carboxylic acids is 2. The molecule has 0 bridgehead atoms. The SMILES string of the molecule is COC[C@H](NC(=O)OC(C)(C)C)C(=O)N(CCO)C1CCSCC1. The highest BCUT2D eigenvalue weighted by Gasteiger charge is 2.32. The molecule has 0 radical (unpaired) electrons. The van der Waals surface area contributed by atoms with Gasteiger partial charge in [0.15, 0.2) is 0 Å². The normalized spacial score (nSPS) is 17.2. The molecule has 1 aliphatic heterocycles. The number of aliphatic hydroxyl groups is 1. The number of aliphatic hydroxyl groups excluding tert-OH is 1. The molecule has 1 fully saturated rings. The Labute approximate surface area is 148 Å². The number of carbonyl (C=O) groups is 2. The Morgan fingerprint density at radius 3 is 2.46 bits per heavy atom. The monoisotopic (exact) mass is 362 g/mol. The van der Waals surface area contributed by atoms with Gasteiger partial charge in [0.2, 0.25) is 5.91 Å². The lowest BCUT2D eigenvalue weighted by Crippen LogP contribution is -2.55. The number of amides is 2. The van der Waals surface area contributed by atoms with E-state index >= 15 is 0 Å². The topological polar surface area (TPSA) is 88.1 Å². The molecule has 0 aromatic heterocycles. The summed E-state index contributed by atoms with van der Waals surface area (Å²) in [5.41, 5.74) is -0.643. The summed E-state index contributed by atoms with van der Waals surface area (Å²) in [7, 11) is 1.48. The van der Waals surface area contributed by atoms with Crippen molar-refractivity contribution in [1.82, 2.24) is 10.2 Å². The number of nitrogens with one attached hydrogen (secondary N) is 1. The minimum absolute atomic E-state index is 0.0570. The molecule has 1 aliphatic rings. The molecular weight excluding hydrogens is 332 g/mol.